The van der Waals surface area contributed by atoms with Gasteiger partial charge >= 0.3 is 0 Å². The molecule has 5 nitrogen and oxygen atoms in total. The summed E-state index contributed by atoms with van der Waals surface area (Å²) in [5.41, 5.74) is 1.13. The van der Waals surface area contributed by atoms with E-state index in [1.165, 1.54) is 10.6 Å². The van der Waals surface area contributed by atoms with Gasteiger partial charge in [-0.05, 0) is 24.1 Å². The lowest BCUT2D eigenvalue weighted by Gasteiger charge is -2.21. The molecule has 1 fully saturated rings. The van der Waals surface area contributed by atoms with Crippen molar-refractivity contribution in [2.24, 2.45) is 0 Å². The first-order chi connectivity index (χ1) is 10.9. The molecular weight excluding hydrogens is 356 g/mol. The van der Waals surface area contributed by atoms with Crippen molar-refractivity contribution in [3.63, 3.8) is 0 Å². The van der Waals surface area contributed by atoms with E-state index in [1.807, 2.05) is 24.3 Å². The summed E-state index contributed by atoms with van der Waals surface area (Å²) in [6.45, 7) is 1.95. The Hall–Kier alpha value is -0.760. The highest BCUT2D eigenvalue weighted by molar-refractivity contribution is 7.99. The zero-order valence-electron chi connectivity index (χ0n) is 13.1. The van der Waals surface area contributed by atoms with Gasteiger partial charge in [0.05, 0.1) is 12.0 Å². The minimum atomic E-state index is -3.18. The van der Waals surface area contributed by atoms with Crippen LogP contribution >= 0.6 is 23.4 Å². The Morgan fingerprint density at radius 3 is 2.52 bits per heavy atom. The molecule has 1 aromatic carbocycles. The number of hydrogen-bond donors (Lipinski definition) is 0. The number of amides is 1. The third kappa shape index (κ3) is 5.99. The van der Waals surface area contributed by atoms with Crippen molar-refractivity contribution in [1.82, 2.24) is 9.21 Å². The van der Waals surface area contributed by atoms with Gasteiger partial charge in [-0.25, -0.2) is 12.7 Å². The van der Waals surface area contributed by atoms with E-state index >= 15 is 0 Å². The van der Waals surface area contributed by atoms with Gasteiger partial charge in [-0.2, -0.15) is 0 Å². The summed E-state index contributed by atoms with van der Waals surface area (Å²) >= 11 is 7.40. The van der Waals surface area contributed by atoms with Crippen LogP contribution in [0.3, 0.4) is 0 Å². The summed E-state index contributed by atoms with van der Waals surface area (Å²) in [7, 11) is -3.18. The first-order valence-corrected chi connectivity index (χ1v) is 10.8. The minimum absolute atomic E-state index is 0.0688. The molecule has 0 bridgehead atoms. The molecule has 1 aromatic rings. The second-order valence-electron chi connectivity index (χ2n) is 5.52. The Kier molecular flexibility index (Phi) is 6.76. The van der Waals surface area contributed by atoms with E-state index in [1.54, 1.807) is 16.7 Å². The van der Waals surface area contributed by atoms with E-state index in [-0.39, 0.29) is 5.91 Å². The topological polar surface area (TPSA) is 57.7 Å². The molecule has 1 aliphatic rings. The summed E-state index contributed by atoms with van der Waals surface area (Å²) in [5, 5.41) is 0.704. The SMILES string of the molecule is CS(=O)(=O)N1CCCN(C(=O)CSCc2ccc(Cl)cc2)CC1. The number of thioether (sulfide) groups is 1. The summed E-state index contributed by atoms with van der Waals surface area (Å²) in [6.07, 6.45) is 1.90. The fourth-order valence-electron chi connectivity index (χ4n) is 2.40. The van der Waals surface area contributed by atoms with E-state index in [9.17, 15) is 13.2 Å². The van der Waals surface area contributed by atoms with E-state index in [2.05, 4.69) is 0 Å². The van der Waals surface area contributed by atoms with Gasteiger partial charge in [0.2, 0.25) is 15.9 Å². The lowest BCUT2D eigenvalue weighted by Crippen LogP contribution is -2.37. The van der Waals surface area contributed by atoms with Crippen molar-refractivity contribution < 1.29 is 13.2 Å². The van der Waals surface area contributed by atoms with Crippen LogP contribution in [0.2, 0.25) is 5.02 Å². The van der Waals surface area contributed by atoms with Crippen molar-refractivity contribution in [3.05, 3.63) is 34.9 Å². The van der Waals surface area contributed by atoms with Crippen LogP contribution in [0.15, 0.2) is 24.3 Å². The van der Waals surface area contributed by atoms with Gasteiger partial charge in [0.25, 0.3) is 0 Å². The molecule has 0 spiro atoms. The molecule has 0 aliphatic carbocycles. The molecule has 1 amide bonds. The second-order valence-corrected chi connectivity index (χ2v) is 8.92. The third-order valence-electron chi connectivity index (χ3n) is 3.68. The van der Waals surface area contributed by atoms with Crippen molar-refractivity contribution in [1.29, 1.82) is 0 Å². The van der Waals surface area contributed by atoms with Crippen LogP contribution in [-0.2, 0) is 20.6 Å². The average Bonchev–Trinajstić information content (AvgIpc) is 2.75. The summed E-state index contributed by atoms with van der Waals surface area (Å²) in [6, 6.07) is 7.59. The Morgan fingerprint density at radius 1 is 1.17 bits per heavy atom. The van der Waals surface area contributed by atoms with Gasteiger partial charge < -0.3 is 4.90 Å². The van der Waals surface area contributed by atoms with E-state index in [0.29, 0.717) is 43.4 Å². The lowest BCUT2D eigenvalue weighted by atomic mass is 10.2. The fraction of sp³-hybridized carbons (Fsp3) is 0.533. The molecule has 8 heteroatoms. The number of nitrogens with zero attached hydrogens (tertiary/aromatic N) is 2. The van der Waals surface area contributed by atoms with Gasteiger partial charge in [-0.1, -0.05) is 23.7 Å². The second kappa shape index (κ2) is 8.37. The molecule has 2 rings (SSSR count). The maximum Gasteiger partial charge on any atom is 0.232 e. The van der Waals surface area contributed by atoms with Crippen LogP contribution in [0.4, 0.5) is 0 Å². The summed E-state index contributed by atoms with van der Waals surface area (Å²) < 4.78 is 24.6. The van der Waals surface area contributed by atoms with Crippen LogP contribution in [0.25, 0.3) is 0 Å². The zero-order chi connectivity index (χ0) is 16.9. The van der Waals surface area contributed by atoms with Gasteiger partial charge in [0.1, 0.15) is 0 Å². The maximum absolute atomic E-state index is 12.3. The standard InChI is InChI=1S/C15H21ClN2O3S2/c1-23(20,21)18-8-2-7-17(9-10-18)15(19)12-22-11-13-3-5-14(16)6-4-13/h3-6H,2,7-12H2,1H3. The molecule has 0 N–H and O–H groups in total. The van der Waals surface area contributed by atoms with Crippen LogP contribution < -0.4 is 0 Å². The summed E-state index contributed by atoms with van der Waals surface area (Å²) in [4.78, 5) is 14.0. The molecule has 0 unspecified atom stereocenters. The van der Waals surface area contributed by atoms with E-state index < -0.39 is 10.0 Å². The number of benzene rings is 1. The number of rotatable bonds is 5. The molecule has 23 heavy (non-hydrogen) atoms. The van der Waals surface area contributed by atoms with Crippen molar-refractivity contribution >= 4 is 39.3 Å². The zero-order valence-corrected chi connectivity index (χ0v) is 15.5. The lowest BCUT2D eigenvalue weighted by molar-refractivity contribution is -0.128. The van der Waals surface area contributed by atoms with E-state index in [0.717, 1.165) is 11.3 Å². The predicted octanol–water partition coefficient (Wildman–Crippen LogP) is 2.07. The number of hydrogen-bond acceptors (Lipinski definition) is 4. The van der Waals surface area contributed by atoms with Gasteiger partial charge in [-0.15, -0.1) is 11.8 Å². The maximum atomic E-state index is 12.3. The Morgan fingerprint density at radius 2 is 1.87 bits per heavy atom. The Balaban J connectivity index is 1.78. The molecule has 1 aliphatic heterocycles. The third-order valence-corrected chi connectivity index (χ3v) is 6.23. The number of halogens is 1. The Labute approximate surface area is 147 Å². The van der Waals surface area contributed by atoms with Crippen LogP contribution in [0, 0.1) is 0 Å². The molecule has 1 saturated heterocycles. The molecule has 0 saturated carbocycles. The predicted molar refractivity (Wildman–Crippen MR) is 95.2 cm³/mol. The largest absolute Gasteiger partial charge is 0.341 e. The monoisotopic (exact) mass is 376 g/mol. The van der Waals surface area contributed by atoms with Gasteiger partial charge in [0, 0.05) is 37.0 Å². The van der Waals surface area contributed by atoms with Gasteiger partial charge in [-0.3, -0.25) is 4.79 Å². The highest BCUT2D eigenvalue weighted by Crippen LogP contribution is 2.16. The van der Waals surface area contributed by atoms with Crippen molar-refractivity contribution in [3.8, 4) is 0 Å². The van der Waals surface area contributed by atoms with Crippen LogP contribution in [0.1, 0.15) is 12.0 Å². The molecule has 128 valence electrons. The Bertz CT molecular complexity index is 635. The first kappa shape index (κ1) is 18.6. The normalized spacial score (nSPS) is 17.0. The molecular formula is C15H21ClN2O3S2. The van der Waals surface area contributed by atoms with Gasteiger partial charge in [0.15, 0.2) is 0 Å². The number of carbonyl (C=O) groups is 1. The fourth-order valence-corrected chi connectivity index (χ4v) is 4.29. The van der Waals surface area contributed by atoms with Crippen molar-refractivity contribution in [2.45, 2.75) is 12.2 Å². The first-order valence-electron chi connectivity index (χ1n) is 7.41. The minimum Gasteiger partial charge on any atom is -0.341 e. The summed E-state index contributed by atoms with van der Waals surface area (Å²) in [5.74, 6) is 1.23. The highest BCUT2D eigenvalue weighted by Gasteiger charge is 2.23. The van der Waals surface area contributed by atoms with Crippen LogP contribution in [-0.4, -0.2) is 61.7 Å². The highest BCUT2D eigenvalue weighted by atomic mass is 35.5. The molecule has 0 radical (unpaired) electrons. The van der Waals surface area contributed by atoms with Crippen molar-refractivity contribution in [2.75, 3.05) is 38.2 Å². The van der Waals surface area contributed by atoms with Crippen LogP contribution in [0.5, 0.6) is 0 Å². The average molecular weight is 377 g/mol. The molecule has 0 aromatic heterocycles. The molecule has 0 atom stereocenters. The molecule has 1 heterocycles. The smallest absolute Gasteiger partial charge is 0.232 e. The number of sulfonamides is 1. The van der Waals surface area contributed by atoms with E-state index in [4.69, 9.17) is 11.6 Å². The quantitative estimate of drug-likeness (QED) is 0.789. The number of carbonyl (C=O) groups excluding carboxylic acids is 1.